The van der Waals surface area contributed by atoms with Crippen molar-refractivity contribution in [2.24, 2.45) is 0 Å². The highest BCUT2D eigenvalue weighted by Gasteiger charge is 2.31. The molecule has 3 rings (SSSR count). The van der Waals surface area contributed by atoms with Gasteiger partial charge in [-0.1, -0.05) is 22.8 Å². The number of benzene rings is 1. The van der Waals surface area contributed by atoms with Gasteiger partial charge in [0.2, 0.25) is 15.9 Å². The van der Waals surface area contributed by atoms with Crippen LogP contribution in [0.25, 0.3) is 0 Å². The Balaban J connectivity index is 1.73. The lowest BCUT2D eigenvalue weighted by atomic mass is 9.95. The molecule has 0 bridgehead atoms. The summed E-state index contributed by atoms with van der Waals surface area (Å²) in [6.07, 6.45) is 1.37. The van der Waals surface area contributed by atoms with E-state index in [1.807, 2.05) is 0 Å². The molecule has 1 fully saturated rings. The molecule has 6 nitrogen and oxygen atoms in total. The SMILES string of the molecule is Nc1cc(C2CCN(S(=O)(=O)c3cccc(Cl)c3)CC2)no1. The molecule has 2 aromatic rings. The average Bonchev–Trinajstić information content (AvgIpc) is 2.94. The molecule has 0 aliphatic carbocycles. The van der Waals surface area contributed by atoms with Gasteiger partial charge in [-0.3, -0.25) is 0 Å². The van der Waals surface area contributed by atoms with Crippen LogP contribution in [0.1, 0.15) is 24.5 Å². The number of hydrogen-bond donors (Lipinski definition) is 1. The molecule has 2 heterocycles. The quantitative estimate of drug-likeness (QED) is 0.926. The van der Waals surface area contributed by atoms with E-state index in [4.69, 9.17) is 21.9 Å². The van der Waals surface area contributed by atoms with Gasteiger partial charge in [-0.05, 0) is 31.0 Å². The lowest BCUT2D eigenvalue weighted by molar-refractivity contribution is 0.309. The van der Waals surface area contributed by atoms with Crippen molar-refractivity contribution < 1.29 is 12.9 Å². The zero-order chi connectivity index (χ0) is 15.7. The summed E-state index contributed by atoms with van der Waals surface area (Å²) in [5, 5.41) is 4.32. The lowest BCUT2D eigenvalue weighted by Crippen LogP contribution is -2.37. The zero-order valence-corrected chi connectivity index (χ0v) is 13.3. The molecule has 8 heteroatoms. The number of anilines is 1. The number of piperidine rings is 1. The number of sulfonamides is 1. The minimum atomic E-state index is -3.50. The van der Waals surface area contributed by atoms with Crippen LogP contribution < -0.4 is 5.73 Å². The number of nitrogens with two attached hydrogens (primary N) is 1. The number of rotatable bonds is 3. The van der Waals surface area contributed by atoms with E-state index in [0.29, 0.717) is 31.0 Å². The Morgan fingerprint density at radius 3 is 2.59 bits per heavy atom. The highest BCUT2D eigenvalue weighted by atomic mass is 35.5. The van der Waals surface area contributed by atoms with E-state index in [1.54, 1.807) is 24.3 Å². The van der Waals surface area contributed by atoms with E-state index >= 15 is 0 Å². The molecule has 118 valence electrons. The minimum absolute atomic E-state index is 0.173. The molecular formula is C14H16ClN3O3S. The van der Waals surface area contributed by atoms with Crippen LogP contribution in [0.5, 0.6) is 0 Å². The number of nitrogens with zero attached hydrogens (tertiary/aromatic N) is 2. The van der Waals surface area contributed by atoms with Crippen molar-refractivity contribution in [2.75, 3.05) is 18.8 Å². The monoisotopic (exact) mass is 341 g/mol. The van der Waals surface area contributed by atoms with E-state index in [2.05, 4.69) is 5.16 Å². The Morgan fingerprint density at radius 2 is 2.00 bits per heavy atom. The summed E-state index contributed by atoms with van der Waals surface area (Å²) in [6, 6.07) is 8.03. The molecule has 1 aliphatic heterocycles. The first-order chi connectivity index (χ1) is 10.5. The summed E-state index contributed by atoms with van der Waals surface area (Å²) >= 11 is 5.88. The fraction of sp³-hybridized carbons (Fsp3) is 0.357. The minimum Gasteiger partial charge on any atom is -0.368 e. The van der Waals surface area contributed by atoms with Crippen molar-refractivity contribution in [3.63, 3.8) is 0 Å². The molecule has 1 aromatic heterocycles. The Kier molecular flexibility index (Phi) is 4.12. The highest BCUT2D eigenvalue weighted by molar-refractivity contribution is 7.89. The van der Waals surface area contributed by atoms with Crippen LogP contribution in [-0.2, 0) is 10.0 Å². The highest BCUT2D eigenvalue weighted by Crippen LogP contribution is 2.31. The molecule has 0 spiro atoms. The fourth-order valence-corrected chi connectivity index (χ4v) is 4.44. The molecule has 0 unspecified atom stereocenters. The summed E-state index contributed by atoms with van der Waals surface area (Å²) in [6.45, 7) is 0.874. The standard InChI is InChI=1S/C14H16ClN3O3S/c15-11-2-1-3-12(8-11)22(19,20)18-6-4-10(5-7-18)13-9-14(16)21-17-13/h1-3,8-10H,4-7,16H2. The number of nitrogen functional groups attached to an aromatic ring is 1. The molecule has 0 amide bonds. The van der Waals surface area contributed by atoms with E-state index in [9.17, 15) is 8.42 Å². The van der Waals surface area contributed by atoms with E-state index < -0.39 is 10.0 Å². The summed E-state index contributed by atoms with van der Waals surface area (Å²) in [5.41, 5.74) is 6.31. The lowest BCUT2D eigenvalue weighted by Gasteiger charge is -2.30. The van der Waals surface area contributed by atoms with Gasteiger partial charge in [0.05, 0.1) is 10.6 Å². The number of halogens is 1. The number of hydrogen-bond acceptors (Lipinski definition) is 5. The van der Waals surface area contributed by atoms with Gasteiger partial charge in [-0.25, -0.2) is 8.42 Å². The van der Waals surface area contributed by atoms with Crippen LogP contribution in [0.15, 0.2) is 39.8 Å². The van der Waals surface area contributed by atoms with Gasteiger partial charge >= 0.3 is 0 Å². The molecule has 2 N–H and O–H groups in total. The van der Waals surface area contributed by atoms with Crippen LogP contribution in [0.4, 0.5) is 5.88 Å². The smallest absolute Gasteiger partial charge is 0.243 e. The second-order valence-electron chi connectivity index (χ2n) is 5.29. The van der Waals surface area contributed by atoms with E-state index in [1.165, 1.54) is 10.4 Å². The Hall–Kier alpha value is -1.57. The van der Waals surface area contributed by atoms with Gasteiger partial charge in [0.25, 0.3) is 0 Å². The van der Waals surface area contributed by atoms with Crippen molar-refractivity contribution in [1.29, 1.82) is 0 Å². The van der Waals surface area contributed by atoms with Gasteiger partial charge < -0.3 is 10.3 Å². The van der Waals surface area contributed by atoms with Crippen LogP contribution in [0.3, 0.4) is 0 Å². The maximum absolute atomic E-state index is 12.6. The van der Waals surface area contributed by atoms with Crippen molar-refractivity contribution in [1.82, 2.24) is 9.46 Å². The molecule has 1 aromatic carbocycles. The topological polar surface area (TPSA) is 89.4 Å². The number of aromatic nitrogens is 1. The molecule has 22 heavy (non-hydrogen) atoms. The molecule has 1 aliphatic rings. The van der Waals surface area contributed by atoms with Crippen LogP contribution in [-0.4, -0.2) is 31.0 Å². The second kappa shape index (κ2) is 5.91. The van der Waals surface area contributed by atoms with E-state index in [-0.39, 0.29) is 16.7 Å². The first-order valence-electron chi connectivity index (χ1n) is 6.94. The molecule has 0 radical (unpaired) electrons. The van der Waals surface area contributed by atoms with Crippen molar-refractivity contribution >= 4 is 27.5 Å². The zero-order valence-electron chi connectivity index (χ0n) is 11.8. The third-order valence-corrected chi connectivity index (χ3v) is 5.98. The predicted molar refractivity (Wildman–Crippen MR) is 83.1 cm³/mol. The van der Waals surface area contributed by atoms with Crippen molar-refractivity contribution in [3.05, 3.63) is 41.0 Å². The maximum Gasteiger partial charge on any atom is 0.243 e. The molecular weight excluding hydrogens is 326 g/mol. The first kappa shape index (κ1) is 15.3. The maximum atomic E-state index is 12.6. The summed E-state index contributed by atoms with van der Waals surface area (Å²) in [5.74, 6) is 0.454. The normalized spacial score (nSPS) is 17.7. The van der Waals surface area contributed by atoms with Gasteiger partial charge in [0, 0.05) is 30.1 Å². The molecule has 0 saturated carbocycles. The largest absolute Gasteiger partial charge is 0.368 e. The van der Waals surface area contributed by atoms with Crippen molar-refractivity contribution in [3.8, 4) is 0 Å². The Morgan fingerprint density at radius 1 is 1.27 bits per heavy atom. The van der Waals surface area contributed by atoms with Gasteiger partial charge in [-0.15, -0.1) is 0 Å². The summed E-state index contributed by atoms with van der Waals surface area (Å²) < 4.78 is 31.6. The average molecular weight is 342 g/mol. The summed E-state index contributed by atoms with van der Waals surface area (Å²) in [7, 11) is -3.50. The predicted octanol–water partition coefficient (Wildman–Crippen LogP) is 2.48. The van der Waals surface area contributed by atoms with E-state index in [0.717, 1.165) is 5.69 Å². The van der Waals surface area contributed by atoms with Crippen LogP contribution in [0.2, 0.25) is 5.02 Å². The van der Waals surface area contributed by atoms with Gasteiger partial charge in [0.1, 0.15) is 0 Å². The molecule has 1 saturated heterocycles. The first-order valence-corrected chi connectivity index (χ1v) is 8.76. The molecule has 0 atom stereocenters. The third kappa shape index (κ3) is 2.97. The Labute approximate surface area is 133 Å². The second-order valence-corrected chi connectivity index (χ2v) is 7.66. The van der Waals surface area contributed by atoms with Gasteiger partial charge in [-0.2, -0.15) is 4.31 Å². The van der Waals surface area contributed by atoms with Gasteiger partial charge in [0.15, 0.2) is 0 Å². The Bertz CT molecular complexity index is 767. The van der Waals surface area contributed by atoms with Crippen LogP contribution in [0, 0.1) is 0 Å². The summed E-state index contributed by atoms with van der Waals surface area (Å²) in [4.78, 5) is 0.226. The fourth-order valence-electron chi connectivity index (χ4n) is 2.66. The van der Waals surface area contributed by atoms with Crippen molar-refractivity contribution in [2.45, 2.75) is 23.7 Å². The third-order valence-electron chi connectivity index (χ3n) is 3.85. The van der Waals surface area contributed by atoms with Crippen LogP contribution >= 0.6 is 11.6 Å².